The summed E-state index contributed by atoms with van der Waals surface area (Å²) in [5.74, 6) is 0. The summed E-state index contributed by atoms with van der Waals surface area (Å²) in [5.41, 5.74) is 0. The first-order chi connectivity index (χ1) is 3.42. The first kappa shape index (κ1) is 8.20. The summed E-state index contributed by atoms with van der Waals surface area (Å²) < 4.78 is 44.5. The predicted octanol–water partition coefficient (Wildman–Crippen LogP) is 2.63. The molecule has 0 rings (SSSR count). The van der Waals surface area contributed by atoms with Gasteiger partial charge in [0.15, 0.2) is 5.08 Å². The van der Waals surface area contributed by atoms with Gasteiger partial charge in [0, 0.05) is 0 Å². The lowest BCUT2D eigenvalue weighted by molar-refractivity contribution is -0.139. The number of rotatable bonds is 1. The maximum absolute atomic E-state index is 11.4. The molecule has 8 heavy (non-hydrogen) atoms. The van der Waals surface area contributed by atoms with Crippen molar-refractivity contribution in [2.24, 2.45) is 0 Å². The van der Waals surface area contributed by atoms with E-state index in [-0.39, 0.29) is 0 Å². The van der Waals surface area contributed by atoms with Crippen molar-refractivity contribution in [2.75, 3.05) is 0 Å². The van der Waals surface area contributed by atoms with Crippen LogP contribution in [0.5, 0.6) is 0 Å². The van der Waals surface area contributed by atoms with E-state index >= 15 is 0 Å². The van der Waals surface area contributed by atoms with E-state index in [2.05, 4.69) is 15.9 Å². The van der Waals surface area contributed by atoms with Gasteiger partial charge in [-0.25, -0.2) is 4.39 Å². The van der Waals surface area contributed by atoms with Crippen molar-refractivity contribution in [3.05, 3.63) is 0 Å². The van der Waals surface area contributed by atoms with Crippen molar-refractivity contribution in [1.29, 1.82) is 0 Å². The number of hydrogen-bond donors (Lipinski definition) is 0. The molecule has 1 unspecified atom stereocenters. The second-order valence-corrected chi connectivity index (χ2v) is 2.20. The fraction of sp³-hybridized carbons (Fsp3) is 1.00. The zero-order valence-electron chi connectivity index (χ0n) is 3.67. The molecule has 0 aromatic heterocycles. The van der Waals surface area contributed by atoms with Gasteiger partial charge in [0.1, 0.15) is 0 Å². The van der Waals surface area contributed by atoms with Gasteiger partial charge in [-0.05, 0) is 0 Å². The molecule has 0 N–H and O–H groups in total. The maximum atomic E-state index is 11.4. The van der Waals surface area contributed by atoms with Crippen molar-refractivity contribution in [3.8, 4) is 0 Å². The molecule has 0 spiro atoms. The third-order valence-electron chi connectivity index (χ3n) is 0.386. The Hall–Kier alpha value is 0.200. The highest BCUT2D eigenvalue weighted by Crippen LogP contribution is 2.25. The fourth-order valence-corrected chi connectivity index (χ4v) is 0.542. The van der Waals surface area contributed by atoms with Gasteiger partial charge in [-0.1, -0.05) is 15.9 Å². The van der Waals surface area contributed by atoms with E-state index in [0.29, 0.717) is 0 Å². The van der Waals surface area contributed by atoms with Crippen molar-refractivity contribution in [1.82, 2.24) is 0 Å². The van der Waals surface area contributed by atoms with Gasteiger partial charge >= 0.3 is 6.18 Å². The average molecular weight is 195 g/mol. The topological polar surface area (TPSA) is 0 Å². The quantitative estimate of drug-likeness (QED) is 0.445. The fourth-order valence-electron chi connectivity index (χ4n) is 0.175. The molecular formula is C3H3BrF4. The van der Waals surface area contributed by atoms with Gasteiger partial charge < -0.3 is 0 Å². The minimum absolute atomic E-state index is 1.42. The molecule has 0 aromatic carbocycles. The smallest absolute Gasteiger partial charge is 0.235 e. The molecule has 0 radical (unpaired) electrons. The molecule has 1 atom stereocenters. The van der Waals surface area contributed by atoms with Crippen LogP contribution in [-0.2, 0) is 0 Å². The van der Waals surface area contributed by atoms with E-state index in [0.717, 1.165) is 0 Å². The van der Waals surface area contributed by atoms with Crippen LogP contribution < -0.4 is 0 Å². The van der Waals surface area contributed by atoms with Gasteiger partial charge in [-0.15, -0.1) is 0 Å². The van der Waals surface area contributed by atoms with Crippen LogP contribution in [0.15, 0.2) is 0 Å². The van der Waals surface area contributed by atoms with E-state index < -0.39 is 17.7 Å². The lowest BCUT2D eigenvalue weighted by atomic mass is 10.5. The van der Waals surface area contributed by atoms with E-state index in [9.17, 15) is 17.6 Å². The molecule has 5 heteroatoms. The molecule has 0 saturated heterocycles. The van der Waals surface area contributed by atoms with Gasteiger partial charge in [-0.3, -0.25) is 0 Å². The van der Waals surface area contributed by atoms with Gasteiger partial charge in [-0.2, -0.15) is 13.2 Å². The van der Waals surface area contributed by atoms with Crippen molar-refractivity contribution < 1.29 is 17.6 Å². The van der Waals surface area contributed by atoms with Crippen LogP contribution in [0, 0.1) is 0 Å². The lowest BCUT2D eigenvalue weighted by Gasteiger charge is -2.03. The van der Waals surface area contributed by atoms with Gasteiger partial charge in [0.2, 0.25) is 0 Å². The Bertz CT molecular complexity index is 66.2. The van der Waals surface area contributed by atoms with E-state index in [1.165, 1.54) is 0 Å². The molecule has 0 saturated carbocycles. The Morgan fingerprint density at radius 3 is 1.75 bits per heavy atom. The summed E-state index contributed by atoms with van der Waals surface area (Å²) in [6, 6.07) is 0. The Balaban J connectivity index is 3.39. The summed E-state index contributed by atoms with van der Waals surface area (Å²) in [5, 5.41) is -1.97. The van der Waals surface area contributed by atoms with Crippen LogP contribution in [0.4, 0.5) is 17.6 Å². The molecule has 0 aliphatic rings. The van der Waals surface area contributed by atoms with Crippen molar-refractivity contribution in [2.45, 2.75) is 17.7 Å². The molecular weight excluding hydrogens is 192 g/mol. The molecule has 0 aliphatic carbocycles. The molecule has 0 aliphatic heterocycles. The van der Waals surface area contributed by atoms with E-state index in [1.54, 1.807) is 0 Å². The average Bonchev–Trinajstić information content (AvgIpc) is 1.21. The van der Waals surface area contributed by atoms with Crippen LogP contribution in [0.3, 0.4) is 0 Å². The second-order valence-electron chi connectivity index (χ2n) is 1.21. The molecule has 0 nitrogen and oxygen atoms in total. The van der Waals surface area contributed by atoms with Crippen molar-refractivity contribution >= 4 is 15.9 Å². The van der Waals surface area contributed by atoms with E-state index in [1.807, 2.05) is 0 Å². The lowest BCUT2D eigenvalue weighted by Crippen LogP contribution is -2.11. The zero-order valence-corrected chi connectivity index (χ0v) is 5.26. The summed E-state index contributed by atoms with van der Waals surface area (Å²) in [4.78, 5) is 0. The molecule has 0 heterocycles. The highest BCUT2D eigenvalue weighted by molar-refractivity contribution is 9.09. The Morgan fingerprint density at radius 1 is 1.38 bits per heavy atom. The van der Waals surface area contributed by atoms with Crippen LogP contribution in [0.25, 0.3) is 0 Å². The van der Waals surface area contributed by atoms with Gasteiger partial charge in [0.25, 0.3) is 0 Å². The summed E-state index contributed by atoms with van der Waals surface area (Å²) in [7, 11) is 0. The first-order valence-electron chi connectivity index (χ1n) is 1.77. The normalized spacial score (nSPS) is 16.1. The summed E-state index contributed by atoms with van der Waals surface area (Å²) in [6.07, 6.45) is -5.82. The first-order valence-corrected chi connectivity index (χ1v) is 2.68. The highest BCUT2D eigenvalue weighted by atomic mass is 79.9. The third kappa shape index (κ3) is 6.20. The number of halogens is 5. The maximum Gasteiger partial charge on any atom is 0.392 e. The Kier molecular flexibility index (Phi) is 2.73. The molecule has 0 bridgehead atoms. The third-order valence-corrected chi connectivity index (χ3v) is 0.709. The summed E-state index contributed by atoms with van der Waals surface area (Å²) in [6.45, 7) is 0. The van der Waals surface area contributed by atoms with Crippen LogP contribution in [0.1, 0.15) is 6.42 Å². The molecule has 0 fully saturated rings. The molecule has 0 amide bonds. The SMILES string of the molecule is FC(Br)CC(F)(F)F. The number of hydrogen-bond acceptors (Lipinski definition) is 0. The van der Waals surface area contributed by atoms with Crippen molar-refractivity contribution in [3.63, 3.8) is 0 Å². The highest BCUT2D eigenvalue weighted by Gasteiger charge is 2.30. The number of alkyl halides is 5. The van der Waals surface area contributed by atoms with E-state index in [4.69, 9.17) is 0 Å². The minimum Gasteiger partial charge on any atom is -0.235 e. The van der Waals surface area contributed by atoms with Crippen LogP contribution in [0.2, 0.25) is 0 Å². The summed E-state index contributed by atoms with van der Waals surface area (Å²) >= 11 is 2.12. The molecule has 0 aromatic rings. The van der Waals surface area contributed by atoms with Crippen LogP contribution >= 0.6 is 15.9 Å². The van der Waals surface area contributed by atoms with Crippen LogP contribution in [-0.4, -0.2) is 11.3 Å². The van der Waals surface area contributed by atoms with Gasteiger partial charge in [0.05, 0.1) is 6.42 Å². The Labute approximate surface area is 52.0 Å². The standard InChI is InChI=1S/C3H3BrF4/c4-2(5)1-3(6,7)8/h2H,1H2. The Morgan fingerprint density at radius 2 is 1.75 bits per heavy atom. The minimum atomic E-state index is -4.40. The molecule has 50 valence electrons. The zero-order chi connectivity index (χ0) is 6.78. The predicted molar refractivity (Wildman–Crippen MR) is 24.5 cm³/mol. The second kappa shape index (κ2) is 2.66. The monoisotopic (exact) mass is 194 g/mol. The largest absolute Gasteiger partial charge is 0.392 e.